The van der Waals surface area contributed by atoms with Crippen LogP contribution in [-0.4, -0.2) is 4.98 Å². The second kappa shape index (κ2) is 5.14. The van der Waals surface area contributed by atoms with Gasteiger partial charge in [-0.3, -0.25) is 4.98 Å². The largest absolute Gasteiger partial charge is 0.365 e. The third kappa shape index (κ3) is 3.56. The molecule has 0 unspecified atom stereocenters. The summed E-state index contributed by atoms with van der Waals surface area (Å²) in [5.74, 6) is 0. The van der Waals surface area contributed by atoms with Crippen LogP contribution in [0.5, 0.6) is 0 Å². The van der Waals surface area contributed by atoms with Crippen LogP contribution in [0.25, 0.3) is 0 Å². The average molecular weight is 174 g/mol. The summed E-state index contributed by atoms with van der Waals surface area (Å²) in [4.78, 5) is 4.20. The van der Waals surface area contributed by atoms with Crippen LogP contribution < -0.4 is 5.32 Å². The van der Waals surface area contributed by atoms with Gasteiger partial charge in [0.2, 0.25) is 0 Å². The summed E-state index contributed by atoms with van der Waals surface area (Å²) in [6.07, 6.45) is 6.36. The van der Waals surface area contributed by atoms with Crippen molar-refractivity contribution in [1.82, 2.24) is 10.3 Å². The molecule has 0 aliphatic carbocycles. The number of nitrogens with zero attached hydrogens (tertiary/aromatic N) is 1. The van der Waals surface area contributed by atoms with E-state index in [0.717, 1.165) is 17.8 Å². The van der Waals surface area contributed by atoms with Gasteiger partial charge < -0.3 is 5.32 Å². The van der Waals surface area contributed by atoms with Gasteiger partial charge in [0, 0.05) is 24.0 Å². The molecule has 0 saturated carbocycles. The van der Waals surface area contributed by atoms with Crippen molar-refractivity contribution in [3.63, 3.8) is 0 Å². The van der Waals surface area contributed by atoms with Gasteiger partial charge in [0.1, 0.15) is 0 Å². The summed E-state index contributed by atoms with van der Waals surface area (Å²) in [5.41, 5.74) is 1.99. The van der Waals surface area contributed by atoms with E-state index in [-0.39, 0.29) is 0 Å². The Labute approximate surface area is 79.0 Å². The number of aromatic nitrogens is 1. The molecule has 0 aliphatic heterocycles. The van der Waals surface area contributed by atoms with Crippen LogP contribution in [0.2, 0.25) is 0 Å². The van der Waals surface area contributed by atoms with E-state index in [1.807, 2.05) is 37.4 Å². The van der Waals surface area contributed by atoms with E-state index in [1.165, 1.54) is 0 Å². The second-order valence-corrected chi connectivity index (χ2v) is 2.75. The molecule has 0 aromatic carbocycles. The summed E-state index contributed by atoms with van der Waals surface area (Å²) in [5, 5.41) is 3.07. The minimum absolute atomic E-state index is 0.769. The molecule has 0 bridgehead atoms. The molecule has 1 N–H and O–H groups in total. The van der Waals surface area contributed by atoms with E-state index in [4.69, 9.17) is 0 Å². The van der Waals surface area contributed by atoms with Crippen molar-refractivity contribution in [1.29, 1.82) is 0 Å². The van der Waals surface area contributed by atoms with Gasteiger partial charge in [-0.2, -0.15) is 0 Å². The van der Waals surface area contributed by atoms with Crippen molar-refractivity contribution in [2.24, 2.45) is 0 Å². The van der Waals surface area contributed by atoms with Crippen LogP contribution in [0.3, 0.4) is 0 Å². The first kappa shape index (κ1) is 9.52. The maximum Gasteiger partial charge on any atom is 0.0462 e. The number of nitrogens with one attached hydrogen (secondary N) is 1. The molecule has 0 saturated heterocycles. The molecule has 68 valence electrons. The van der Waals surface area contributed by atoms with Gasteiger partial charge in [0.25, 0.3) is 0 Å². The highest BCUT2D eigenvalue weighted by molar-refractivity contribution is 5.12. The van der Waals surface area contributed by atoms with Crippen LogP contribution in [0.1, 0.15) is 12.6 Å². The second-order valence-electron chi connectivity index (χ2n) is 2.75. The molecule has 0 atom stereocenters. The first-order valence-electron chi connectivity index (χ1n) is 4.28. The van der Waals surface area contributed by atoms with Gasteiger partial charge in [0.15, 0.2) is 0 Å². The quantitative estimate of drug-likeness (QED) is 0.757. The zero-order valence-corrected chi connectivity index (χ0v) is 7.83. The van der Waals surface area contributed by atoms with E-state index in [0.29, 0.717) is 0 Å². The molecule has 0 radical (unpaired) electrons. The van der Waals surface area contributed by atoms with Gasteiger partial charge in [0.05, 0.1) is 0 Å². The molecule has 1 aromatic heterocycles. The molecular weight excluding hydrogens is 160 g/mol. The Kier molecular flexibility index (Phi) is 3.76. The Hall–Kier alpha value is -1.57. The van der Waals surface area contributed by atoms with E-state index in [2.05, 4.69) is 16.9 Å². The predicted molar refractivity (Wildman–Crippen MR) is 55.0 cm³/mol. The predicted octanol–water partition coefficient (Wildman–Crippen LogP) is 2.26. The smallest absolute Gasteiger partial charge is 0.0462 e. The van der Waals surface area contributed by atoms with E-state index >= 15 is 0 Å². The molecule has 13 heavy (non-hydrogen) atoms. The number of hydrogen-bond acceptors (Lipinski definition) is 2. The Morgan fingerprint density at radius 1 is 1.62 bits per heavy atom. The van der Waals surface area contributed by atoms with Gasteiger partial charge in [-0.05, 0) is 25.3 Å². The van der Waals surface area contributed by atoms with Crippen LogP contribution in [-0.2, 0) is 6.42 Å². The number of rotatable bonds is 4. The molecule has 0 spiro atoms. The van der Waals surface area contributed by atoms with Crippen LogP contribution in [0.15, 0.2) is 48.9 Å². The van der Waals surface area contributed by atoms with E-state index in [9.17, 15) is 0 Å². The van der Waals surface area contributed by atoms with Crippen LogP contribution in [0, 0.1) is 0 Å². The zero-order chi connectivity index (χ0) is 9.52. The maximum absolute atomic E-state index is 4.20. The lowest BCUT2D eigenvalue weighted by molar-refractivity contribution is 0.942. The zero-order valence-electron chi connectivity index (χ0n) is 7.83. The first-order valence-corrected chi connectivity index (χ1v) is 4.28. The molecule has 1 aromatic rings. The molecule has 0 fully saturated rings. The minimum Gasteiger partial charge on any atom is -0.365 e. The van der Waals surface area contributed by atoms with Crippen LogP contribution in [0.4, 0.5) is 0 Å². The fourth-order valence-corrected chi connectivity index (χ4v) is 0.974. The summed E-state index contributed by atoms with van der Waals surface area (Å²) < 4.78 is 0. The monoisotopic (exact) mass is 174 g/mol. The third-order valence-corrected chi connectivity index (χ3v) is 1.57. The van der Waals surface area contributed by atoms with Gasteiger partial charge in [-0.25, -0.2) is 0 Å². The lowest BCUT2D eigenvalue weighted by Crippen LogP contribution is -2.06. The number of allylic oxidation sites excluding steroid dienone is 2. The molecular formula is C11H14N2. The lowest BCUT2D eigenvalue weighted by atomic mass is 10.2. The minimum atomic E-state index is 0.769. The van der Waals surface area contributed by atoms with Gasteiger partial charge in [-0.1, -0.05) is 18.7 Å². The maximum atomic E-state index is 4.20. The molecule has 0 amide bonds. The molecule has 2 nitrogen and oxygen atoms in total. The molecule has 0 aliphatic rings. The summed E-state index contributed by atoms with van der Waals surface area (Å²) in [7, 11) is 0. The highest BCUT2D eigenvalue weighted by Crippen LogP contribution is 1.99. The standard InChI is InChI=1S/C11H14N2/c1-3-7-12-10(2)9-11-6-4-5-8-13-11/h3-8,12H,2,9H2,1H3/b7-3-. The van der Waals surface area contributed by atoms with Crippen molar-refractivity contribution in [3.8, 4) is 0 Å². The number of hydrogen-bond donors (Lipinski definition) is 1. The highest BCUT2D eigenvalue weighted by Gasteiger charge is 1.94. The van der Waals surface area contributed by atoms with Crippen molar-refractivity contribution in [3.05, 3.63) is 54.6 Å². The summed E-state index contributed by atoms with van der Waals surface area (Å²) in [6, 6.07) is 5.87. The highest BCUT2D eigenvalue weighted by atomic mass is 14.8. The first-order chi connectivity index (χ1) is 6.33. The molecule has 1 heterocycles. The van der Waals surface area contributed by atoms with E-state index < -0.39 is 0 Å². The SMILES string of the molecule is C=C(Cc1ccccn1)N/C=C\C. The normalized spacial score (nSPS) is 10.2. The Morgan fingerprint density at radius 2 is 2.46 bits per heavy atom. The van der Waals surface area contributed by atoms with E-state index in [1.54, 1.807) is 6.20 Å². The lowest BCUT2D eigenvalue weighted by Gasteiger charge is -2.03. The summed E-state index contributed by atoms with van der Waals surface area (Å²) in [6.45, 7) is 5.84. The fraction of sp³-hybridized carbons (Fsp3) is 0.182. The van der Waals surface area contributed by atoms with Crippen molar-refractivity contribution >= 4 is 0 Å². The van der Waals surface area contributed by atoms with Crippen molar-refractivity contribution in [2.45, 2.75) is 13.3 Å². The Morgan fingerprint density at radius 3 is 3.08 bits per heavy atom. The third-order valence-electron chi connectivity index (χ3n) is 1.57. The Bertz CT molecular complexity index is 288. The fourth-order valence-electron chi connectivity index (χ4n) is 0.974. The molecule has 2 heteroatoms. The Balaban J connectivity index is 2.46. The summed E-state index contributed by atoms with van der Waals surface area (Å²) >= 11 is 0. The molecule has 1 rings (SSSR count). The average Bonchev–Trinajstić information content (AvgIpc) is 2.16. The van der Waals surface area contributed by atoms with Gasteiger partial charge >= 0.3 is 0 Å². The number of pyridine rings is 1. The van der Waals surface area contributed by atoms with Crippen molar-refractivity contribution < 1.29 is 0 Å². The van der Waals surface area contributed by atoms with Crippen LogP contribution >= 0.6 is 0 Å². The topological polar surface area (TPSA) is 24.9 Å². The van der Waals surface area contributed by atoms with Crippen molar-refractivity contribution in [2.75, 3.05) is 0 Å². The van der Waals surface area contributed by atoms with Gasteiger partial charge in [-0.15, -0.1) is 0 Å².